The molecule has 0 atom stereocenters. The molecule has 0 amide bonds. The lowest BCUT2D eigenvalue weighted by Gasteiger charge is -2.05. The van der Waals surface area contributed by atoms with E-state index in [0.29, 0.717) is 15.6 Å². The third-order valence-electron chi connectivity index (χ3n) is 2.59. The molecule has 20 heavy (non-hydrogen) atoms. The molecule has 106 valence electrons. The van der Waals surface area contributed by atoms with Crippen LogP contribution in [0.2, 0.25) is 10.0 Å². The summed E-state index contributed by atoms with van der Waals surface area (Å²) in [5.41, 5.74) is 0.395. The molecule has 0 bridgehead atoms. The van der Waals surface area contributed by atoms with E-state index in [9.17, 15) is 13.2 Å². The summed E-state index contributed by atoms with van der Waals surface area (Å²) in [6.07, 6.45) is 2.85. The molecule has 0 aliphatic heterocycles. The first-order valence-corrected chi connectivity index (χ1v) is 8.25. The first-order chi connectivity index (χ1) is 9.35. The third-order valence-corrected chi connectivity index (χ3v) is 4.55. The van der Waals surface area contributed by atoms with Gasteiger partial charge >= 0.3 is 0 Å². The number of benzene rings is 1. The predicted molar refractivity (Wildman–Crippen MR) is 79.9 cm³/mol. The van der Waals surface area contributed by atoms with Crippen molar-refractivity contribution in [2.24, 2.45) is 0 Å². The minimum atomic E-state index is -3.48. The molecule has 7 heteroatoms. The van der Waals surface area contributed by atoms with Crippen molar-refractivity contribution in [3.05, 3.63) is 68.1 Å². The Bertz CT molecular complexity index is 764. The maximum atomic E-state index is 12.1. The maximum absolute atomic E-state index is 12.1. The zero-order valence-corrected chi connectivity index (χ0v) is 12.6. The number of aromatic nitrogens is 1. The molecule has 1 aromatic carbocycles. The van der Waals surface area contributed by atoms with Crippen LogP contribution in [0.15, 0.2) is 41.5 Å². The number of sulfone groups is 1. The van der Waals surface area contributed by atoms with Gasteiger partial charge in [-0.3, -0.25) is 4.79 Å². The highest BCUT2D eigenvalue weighted by Gasteiger charge is 2.15. The van der Waals surface area contributed by atoms with Crippen LogP contribution in [0.3, 0.4) is 0 Å². The highest BCUT2D eigenvalue weighted by atomic mass is 35.5. The second-order valence-electron chi connectivity index (χ2n) is 4.34. The summed E-state index contributed by atoms with van der Waals surface area (Å²) in [5, 5.41) is 0.750. The first kappa shape index (κ1) is 15.1. The molecule has 1 heterocycles. The van der Waals surface area contributed by atoms with E-state index in [-0.39, 0.29) is 22.5 Å². The minimum absolute atomic E-state index is 0.209. The smallest absolute Gasteiger partial charge is 0.185 e. The molecule has 0 spiro atoms. The SMILES string of the molecule is O=c1cc[nH]cc1CS(=O)(=O)Cc1cc(Cl)cc(Cl)c1. The van der Waals surface area contributed by atoms with Gasteiger partial charge in [0.2, 0.25) is 0 Å². The molecular weight excluding hydrogens is 321 g/mol. The highest BCUT2D eigenvalue weighted by molar-refractivity contribution is 7.89. The Balaban J connectivity index is 2.24. The standard InChI is InChI=1S/C13H11Cl2NO3S/c14-11-3-9(4-12(15)5-11)7-20(18,19)8-10-6-16-2-1-13(10)17/h1-6H,7-8H2,(H,16,17). The van der Waals surface area contributed by atoms with Gasteiger partial charge in [-0.25, -0.2) is 8.42 Å². The molecule has 1 aromatic heterocycles. The van der Waals surface area contributed by atoms with E-state index < -0.39 is 9.84 Å². The van der Waals surface area contributed by atoms with Crippen LogP contribution in [-0.4, -0.2) is 13.4 Å². The van der Waals surface area contributed by atoms with E-state index in [4.69, 9.17) is 23.2 Å². The second kappa shape index (κ2) is 5.99. The van der Waals surface area contributed by atoms with Crippen LogP contribution in [0, 0.1) is 0 Å². The van der Waals surface area contributed by atoms with Crippen LogP contribution in [-0.2, 0) is 21.3 Å². The number of hydrogen-bond acceptors (Lipinski definition) is 3. The Morgan fingerprint density at radius 3 is 2.30 bits per heavy atom. The number of hydrogen-bond donors (Lipinski definition) is 1. The Kier molecular flexibility index (Phi) is 4.52. The fraction of sp³-hybridized carbons (Fsp3) is 0.154. The van der Waals surface area contributed by atoms with Crippen molar-refractivity contribution in [3.63, 3.8) is 0 Å². The molecule has 0 unspecified atom stereocenters. The summed E-state index contributed by atoms with van der Waals surface area (Å²) < 4.78 is 24.2. The van der Waals surface area contributed by atoms with Crippen molar-refractivity contribution in [2.45, 2.75) is 11.5 Å². The zero-order chi connectivity index (χ0) is 14.8. The van der Waals surface area contributed by atoms with Gasteiger partial charge in [0, 0.05) is 34.1 Å². The van der Waals surface area contributed by atoms with E-state index in [0.717, 1.165) is 0 Å². The van der Waals surface area contributed by atoms with E-state index in [1.807, 2.05) is 0 Å². The van der Waals surface area contributed by atoms with Crippen molar-refractivity contribution in [1.82, 2.24) is 4.98 Å². The third kappa shape index (κ3) is 4.10. The molecule has 0 aliphatic carbocycles. The van der Waals surface area contributed by atoms with Crippen molar-refractivity contribution in [2.75, 3.05) is 0 Å². The van der Waals surface area contributed by atoms with Crippen molar-refractivity contribution >= 4 is 33.0 Å². The first-order valence-electron chi connectivity index (χ1n) is 5.67. The number of aromatic amines is 1. The number of pyridine rings is 1. The normalized spacial score (nSPS) is 11.5. The van der Waals surface area contributed by atoms with Crippen molar-refractivity contribution in [1.29, 1.82) is 0 Å². The van der Waals surface area contributed by atoms with Gasteiger partial charge in [0.1, 0.15) is 0 Å². The van der Waals surface area contributed by atoms with Gasteiger partial charge in [-0.05, 0) is 23.8 Å². The van der Waals surface area contributed by atoms with Crippen LogP contribution in [0.1, 0.15) is 11.1 Å². The van der Waals surface area contributed by atoms with E-state index >= 15 is 0 Å². The largest absolute Gasteiger partial charge is 0.367 e. The van der Waals surface area contributed by atoms with Crippen molar-refractivity contribution in [3.8, 4) is 0 Å². The summed E-state index contributed by atoms with van der Waals surface area (Å²) in [6.45, 7) is 0. The lowest BCUT2D eigenvalue weighted by atomic mass is 10.2. The maximum Gasteiger partial charge on any atom is 0.185 e. The average Bonchev–Trinajstić information content (AvgIpc) is 2.29. The van der Waals surface area contributed by atoms with Gasteiger partial charge in [-0.15, -0.1) is 0 Å². The molecule has 1 N–H and O–H groups in total. The van der Waals surface area contributed by atoms with Crippen LogP contribution >= 0.6 is 23.2 Å². The molecule has 2 rings (SSSR count). The molecule has 4 nitrogen and oxygen atoms in total. The lowest BCUT2D eigenvalue weighted by Crippen LogP contribution is -2.15. The minimum Gasteiger partial charge on any atom is -0.367 e. The van der Waals surface area contributed by atoms with Gasteiger partial charge in [0.15, 0.2) is 15.3 Å². The Labute approximate surface area is 126 Å². The predicted octanol–water partition coefficient (Wildman–Crippen LogP) is 2.80. The molecule has 0 aliphatic rings. The van der Waals surface area contributed by atoms with Crippen LogP contribution < -0.4 is 5.43 Å². The molecule has 0 saturated heterocycles. The van der Waals surface area contributed by atoms with Crippen molar-refractivity contribution < 1.29 is 8.42 Å². The molecule has 0 radical (unpaired) electrons. The van der Waals surface area contributed by atoms with E-state index in [1.54, 1.807) is 12.1 Å². The van der Waals surface area contributed by atoms with E-state index in [2.05, 4.69) is 4.98 Å². The van der Waals surface area contributed by atoms with Gasteiger partial charge < -0.3 is 4.98 Å². The highest BCUT2D eigenvalue weighted by Crippen LogP contribution is 2.21. The second-order valence-corrected chi connectivity index (χ2v) is 7.28. The van der Waals surface area contributed by atoms with E-state index in [1.165, 1.54) is 24.5 Å². The van der Waals surface area contributed by atoms with Crippen LogP contribution in [0.5, 0.6) is 0 Å². The average molecular weight is 332 g/mol. The quantitative estimate of drug-likeness (QED) is 0.936. The summed E-state index contributed by atoms with van der Waals surface area (Å²) in [7, 11) is -3.48. The summed E-state index contributed by atoms with van der Waals surface area (Å²) in [5.74, 6) is -0.547. The summed E-state index contributed by atoms with van der Waals surface area (Å²) in [4.78, 5) is 14.2. The summed E-state index contributed by atoms with van der Waals surface area (Å²) in [6, 6.07) is 5.91. The van der Waals surface area contributed by atoms with Gasteiger partial charge in [0.25, 0.3) is 0 Å². The number of H-pyrrole nitrogens is 1. The van der Waals surface area contributed by atoms with Gasteiger partial charge in [-0.2, -0.15) is 0 Å². The Morgan fingerprint density at radius 2 is 1.70 bits per heavy atom. The van der Waals surface area contributed by atoms with Gasteiger partial charge in [-0.1, -0.05) is 23.2 Å². The number of nitrogens with one attached hydrogen (secondary N) is 1. The topological polar surface area (TPSA) is 67.0 Å². The number of halogens is 2. The summed E-state index contributed by atoms with van der Waals surface area (Å²) >= 11 is 11.7. The monoisotopic (exact) mass is 331 g/mol. The molecule has 2 aromatic rings. The molecule has 0 fully saturated rings. The fourth-order valence-corrected chi connectivity index (χ4v) is 3.85. The van der Waals surface area contributed by atoms with Gasteiger partial charge in [0.05, 0.1) is 11.5 Å². The van der Waals surface area contributed by atoms with Crippen LogP contribution in [0.25, 0.3) is 0 Å². The Hall–Kier alpha value is -1.30. The zero-order valence-electron chi connectivity index (χ0n) is 10.3. The molecule has 0 saturated carbocycles. The number of rotatable bonds is 4. The fourth-order valence-electron chi connectivity index (χ4n) is 1.80. The Morgan fingerprint density at radius 1 is 1.05 bits per heavy atom. The molecular formula is C13H11Cl2NO3S. The lowest BCUT2D eigenvalue weighted by molar-refractivity contribution is 0.594. The van der Waals surface area contributed by atoms with Crippen LogP contribution in [0.4, 0.5) is 0 Å².